The summed E-state index contributed by atoms with van der Waals surface area (Å²) in [6.07, 6.45) is 1.55. The molecule has 0 fully saturated rings. The van der Waals surface area contributed by atoms with Crippen LogP contribution in [0, 0.1) is 6.92 Å². The largest absolute Gasteiger partial charge is 0.477 e. The summed E-state index contributed by atoms with van der Waals surface area (Å²) in [7, 11) is 0. The van der Waals surface area contributed by atoms with Crippen LogP contribution in [0.25, 0.3) is 11.0 Å². The van der Waals surface area contributed by atoms with E-state index in [1.54, 1.807) is 13.2 Å². The first-order chi connectivity index (χ1) is 9.63. The highest BCUT2D eigenvalue weighted by Crippen LogP contribution is 2.27. The molecule has 0 saturated carbocycles. The number of aryl methyl sites for hydroxylation is 1. The van der Waals surface area contributed by atoms with Gasteiger partial charge in [0.1, 0.15) is 11.8 Å². The van der Waals surface area contributed by atoms with Gasteiger partial charge in [-0.1, -0.05) is 12.1 Å². The van der Waals surface area contributed by atoms with E-state index in [9.17, 15) is 4.79 Å². The number of para-hydroxylation sites is 1. The lowest BCUT2D eigenvalue weighted by Crippen LogP contribution is -2.06. The quantitative estimate of drug-likeness (QED) is 0.760. The first-order valence-electron chi connectivity index (χ1n) is 5.96. The maximum absolute atomic E-state index is 11.0. The second-order valence-corrected chi connectivity index (χ2v) is 4.29. The van der Waals surface area contributed by atoms with Crippen molar-refractivity contribution >= 4 is 28.6 Å². The van der Waals surface area contributed by atoms with Gasteiger partial charge in [0.25, 0.3) is 0 Å². The van der Waals surface area contributed by atoms with Crippen molar-refractivity contribution in [1.29, 1.82) is 0 Å². The molecule has 0 aliphatic heterocycles. The molecular weight excluding hydrogens is 258 g/mol. The van der Waals surface area contributed by atoms with Crippen LogP contribution in [0.15, 0.2) is 41.0 Å². The molecule has 0 atom stereocenters. The molecule has 2 N–H and O–H groups in total. The molecule has 0 aliphatic rings. The fourth-order valence-corrected chi connectivity index (χ4v) is 1.93. The van der Waals surface area contributed by atoms with Gasteiger partial charge in [-0.05, 0) is 25.1 Å². The fraction of sp³-hybridized carbons (Fsp3) is 0.0714. The third kappa shape index (κ3) is 2.18. The minimum absolute atomic E-state index is 0.0483. The molecule has 0 spiro atoms. The smallest absolute Gasteiger partial charge is 0.354 e. The summed E-state index contributed by atoms with van der Waals surface area (Å²) in [4.78, 5) is 19.1. The van der Waals surface area contributed by atoms with Gasteiger partial charge in [0.2, 0.25) is 5.95 Å². The van der Waals surface area contributed by atoms with E-state index in [1.807, 2.05) is 24.3 Å². The van der Waals surface area contributed by atoms with Crippen molar-refractivity contribution in [2.75, 3.05) is 5.32 Å². The van der Waals surface area contributed by atoms with Crippen LogP contribution in [0.4, 0.5) is 11.6 Å². The first-order valence-corrected chi connectivity index (χ1v) is 5.96. The lowest BCUT2D eigenvalue weighted by atomic mass is 10.2. The van der Waals surface area contributed by atoms with Crippen LogP contribution in [-0.2, 0) is 0 Å². The first kappa shape index (κ1) is 12.2. The minimum atomic E-state index is -1.09. The number of fused-ring (bicyclic) bond motifs is 1. The van der Waals surface area contributed by atoms with Gasteiger partial charge in [0.15, 0.2) is 5.69 Å². The average Bonchev–Trinajstić information content (AvgIpc) is 2.82. The topological polar surface area (TPSA) is 88.2 Å². The number of rotatable bonds is 3. The maximum Gasteiger partial charge on any atom is 0.354 e. The Morgan fingerprint density at radius 2 is 2.10 bits per heavy atom. The highest BCUT2D eigenvalue weighted by atomic mass is 16.4. The lowest BCUT2D eigenvalue weighted by molar-refractivity contribution is 0.0690. The number of nitrogens with one attached hydrogen (secondary N) is 1. The number of carbonyl (C=O) groups is 1. The molecule has 1 aromatic carbocycles. The third-order valence-electron chi connectivity index (χ3n) is 2.80. The number of hydrogen-bond donors (Lipinski definition) is 2. The second kappa shape index (κ2) is 4.65. The van der Waals surface area contributed by atoms with Crippen molar-refractivity contribution in [2.24, 2.45) is 0 Å². The Kier molecular flexibility index (Phi) is 2.83. The lowest BCUT2D eigenvalue weighted by Gasteiger charge is -2.04. The molecule has 0 bridgehead atoms. The molecule has 0 saturated heterocycles. The Bertz CT molecular complexity index is 795. The maximum atomic E-state index is 11.0. The summed E-state index contributed by atoms with van der Waals surface area (Å²) < 4.78 is 5.39. The zero-order valence-corrected chi connectivity index (χ0v) is 10.6. The Labute approximate surface area is 114 Å². The predicted octanol–water partition coefficient (Wildman–Crippen LogP) is 2.97. The highest BCUT2D eigenvalue weighted by Gasteiger charge is 2.11. The monoisotopic (exact) mass is 269 g/mol. The van der Waals surface area contributed by atoms with Crippen LogP contribution in [-0.4, -0.2) is 21.0 Å². The normalized spacial score (nSPS) is 10.7. The second-order valence-electron chi connectivity index (χ2n) is 4.29. The molecule has 20 heavy (non-hydrogen) atoms. The number of benzene rings is 1. The SMILES string of the molecule is Cc1cc(C(=O)O)nc(Nc2coc3ccccc23)n1. The number of carboxylic acid groups (broad SMARTS) is 1. The fourth-order valence-electron chi connectivity index (χ4n) is 1.93. The van der Waals surface area contributed by atoms with Crippen molar-refractivity contribution in [3.63, 3.8) is 0 Å². The summed E-state index contributed by atoms with van der Waals surface area (Å²) in [6.45, 7) is 1.72. The molecule has 3 rings (SSSR count). The standard InChI is InChI=1S/C14H11N3O3/c1-8-6-10(13(18)19)16-14(15-8)17-11-7-20-12-5-3-2-4-9(11)12/h2-7H,1H3,(H,18,19)(H,15,16,17). The van der Waals surface area contributed by atoms with Gasteiger partial charge in [0.05, 0.1) is 5.69 Å². The number of nitrogens with zero attached hydrogens (tertiary/aromatic N) is 2. The molecule has 2 heterocycles. The van der Waals surface area contributed by atoms with Crippen LogP contribution < -0.4 is 5.32 Å². The van der Waals surface area contributed by atoms with Gasteiger partial charge >= 0.3 is 5.97 Å². The number of aromatic nitrogens is 2. The molecule has 3 aromatic rings. The van der Waals surface area contributed by atoms with Gasteiger partial charge in [-0.15, -0.1) is 0 Å². The van der Waals surface area contributed by atoms with E-state index in [1.165, 1.54) is 6.07 Å². The Balaban J connectivity index is 2.00. The van der Waals surface area contributed by atoms with Crippen LogP contribution in [0.5, 0.6) is 0 Å². The van der Waals surface area contributed by atoms with Crippen LogP contribution >= 0.6 is 0 Å². The van der Waals surface area contributed by atoms with E-state index in [0.717, 1.165) is 11.0 Å². The van der Waals surface area contributed by atoms with Crippen LogP contribution in [0.1, 0.15) is 16.2 Å². The number of hydrogen-bond acceptors (Lipinski definition) is 5. The Hall–Kier alpha value is -2.89. The van der Waals surface area contributed by atoms with Crippen molar-refractivity contribution in [3.8, 4) is 0 Å². The number of furan rings is 1. The summed E-state index contributed by atoms with van der Waals surface area (Å²) >= 11 is 0. The van der Waals surface area contributed by atoms with Crippen molar-refractivity contribution in [3.05, 3.63) is 48.0 Å². The molecule has 6 heteroatoms. The number of carboxylic acids is 1. The Morgan fingerprint density at radius 3 is 2.90 bits per heavy atom. The van der Waals surface area contributed by atoms with E-state index in [-0.39, 0.29) is 11.6 Å². The molecule has 2 aromatic heterocycles. The van der Waals surface area contributed by atoms with E-state index in [2.05, 4.69) is 15.3 Å². The summed E-state index contributed by atoms with van der Waals surface area (Å²) in [5.74, 6) is -0.857. The van der Waals surface area contributed by atoms with E-state index < -0.39 is 5.97 Å². The van der Waals surface area contributed by atoms with Gasteiger partial charge in [-0.3, -0.25) is 0 Å². The summed E-state index contributed by atoms with van der Waals surface area (Å²) in [5.41, 5.74) is 1.96. The third-order valence-corrected chi connectivity index (χ3v) is 2.80. The van der Waals surface area contributed by atoms with Crippen molar-refractivity contribution in [1.82, 2.24) is 9.97 Å². The van der Waals surface area contributed by atoms with Crippen LogP contribution in [0.3, 0.4) is 0 Å². The van der Waals surface area contributed by atoms with Gasteiger partial charge < -0.3 is 14.8 Å². The van der Waals surface area contributed by atoms with Crippen molar-refractivity contribution < 1.29 is 14.3 Å². The van der Waals surface area contributed by atoms with E-state index in [4.69, 9.17) is 9.52 Å². The highest BCUT2D eigenvalue weighted by molar-refractivity contribution is 5.92. The zero-order chi connectivity index (χ0) is 14.1. The minimum Gasteiger partial charge on any atom is -0.477 e. The van der Waals surface area contributed by atoms with Gasteiger partial charge in [-0.25, -0.2) is 14.8 Å². The average molecular weight is 269 g/mol. The van der Waals surface area contributed by atoms with Gasteiger partial charge in [-0.2, -0.15) is 0 Å². The number of aromatic carboxylic acids is 1. The number of anilines is 2. The summed E-state index contributed by atoms with van der Waals surface area (Å²) in [5, 5.41) is 12.9. The molecule has 0 radical (unpaired) electrons. The molecule has 0 amide bonds. The molecule has 0 unspecified atom stereocenters. The van der Waals surface area contributed by atoms with Crippen molar-refractivity contribution in [2.45, 2.75) is 6.92 Å². The van der Waals surface area contributed by atoms with E-state index in [0.29, 0.717) is 11.4 Å². The molecular formula is C14H11N3O3. The predicted molar refractivity (Wildman–Crippen MR) is 73.2 cm³/mol. The molecule has 100 valence electrons. The Morgan fingerprint density at radius 1 is 1.30 bits per heavy atom. The van der Waals surface area contributed by atoms with Crippen LogP contribution in [0.2, 0.25) is 0 Å². The summed E-state index contributed by atoms with van der Waals surface area (Å²) in [6, 6.07) is 8.93. The zero-order valence-electron chi connectivity index (χ0n) is 10.6. The van der Waals surface area contributed by atoms with Gasteiger partial charge in [0, 0.05) is 11.1 Å². The van der Waals surface area contributed by atoms with E-state index >= 15 is 0 Å². The molecule has 6 nitrogen and oxygen atoms in total. The molecule has 0 aliphatic carbocycles.